The van der Waals surface area contributed by atoms with Crippen LogP contribution >= 0.6 is 11.8 Å². The third-order valence-electron chi connectivity index (χ3n) is 3.91. The molecule has 0 unspecified atom stereocenters. The number of para-hydroxylation sites is 1. The molecule has 2 heterocycles. The molecule has 0 bridgehead atoms. The second-order valence-corrected chi connectivity index (χ2v) is 6.46. The highest BCUT2D eigenvalue weighted by atomic mass is 32.2. The summed E-state index contributed by atoms with van der Waals surface area (Å²) in [6.45, 7) is 2.00. The van der Waals surface area contributed by atoms with Gasteiger partial charge in [0.05, 0.1) is 12.0 Å². The molecule has 2 aliphatic heterocycles. The molecule has 0 radical (unpaired) electrons. The summed E-state index contributed by atoms with van der Waals surface area (Å²) in [6.07, 6.45) is 6.78. The maximum absolute atomic E-state index is 12.2. The van der Waals surface area contributed by atoms with Crippen LogP contribution in [0.4, 0.5) is 0 Å². The van der Waals surface area contributed by atoms with Gasteiger partial charge in [-0.2, -0.15) is 4.99 Å². The molecule has 0 saturated carbocycles. The molecule has 22 heavy (non-hydrogen) atoms. The van der Waals surface area contributed by atoms with Gasteiger partial charge in [0.15, 0.2) is 5.17 Å². The molecule has 116 valence electrons. The first-order valence-electron chi connectivity index (χ1n) is 7.68. The summed E-state index contributed by atoms with van der Waals surface area (Å²) in [5.41, 5.74) is 0.910. The fourth-order valence-electron chi connectivity index (χ4n) is 2.72. The highest BCUT2D eigenvalue weighted by Gasteiger charge is 2.26. The van der Waals surface area contributed by atoms with Crippen LogP contribution < -0.4 is 4.74 Å². The van der Waals surface area contributed by atoms with Gasteiger partial charge >= 0.3 is 0 Å². The van der Waals surface area contributed by atoms with Gasteiger partial charge in [0.2, 0.25) is 0 Å². The van der Waals surface area contributed by atoms with Crippen molar-refractivity contribution in [3.8, 4) is 5.75 Å². The van der Waals surface area contributed by atoms with E-state index in [0.717, 1.165) is 29.6 Å². The summed E-state index contributed by atoms with van der Waals surface area (Å²) in [4.78, 5) is 19.3. The Kier molecular flexibility index (Phi) is 4.83. The van der Waals surface area contributed by atoms with Crippen molar-refractivity contribution in [2.75, 3.05) is 20.2 Å². The summed E-state index contributed by atoms with van der Waals surface area (Å²) in [7, 11) is 1.64. The van der Waals surface area contributed by atoms with E-state index in [1.165, 1.54) is 37.4 Å². The van der Waals surface area contributed by atoms with Crippen LogP contribution in [0.15, 0.2) is 34.2 Å². The van der Waals surface area contributed by atoms with Crippen LogP contribution in [0.25, 0.3) is 6.08 Å². The van der Waals surface area contributed by atoms with E-state index in [0.29, 0.717) is 4.91 Å². The molecule has 1 aromatic rings. The topological polar surface area (TPSA) is 41.9 Å². The Morgan fingerprint density at radius 3 is 2.64 bits per heavy atom. The number of amides is 1. The molecule has 0 N–H and O–H groups in total. The number of methoxy groups -OCH3 is 1. The van der Waals surface area contributed by atoms with Gasteiger partial charge in [-0.1, -0.05) is 31.0 Å². The van der Waals surface area contributed by atoms with Crippen molar-refractivity contribution in [1.82, 2.24) is 4.90 Å². The van der Waals surface area contributed by atoms with E-state index in [1.807, 2.05) is 30.3 Å². The van der Waals surface area contributed by atoms with E-state index in [2.05, 4.69) is 9.89 Å². The number of rotatable bonds is 2. The minimum absolute atomic E-state index is 0.143. The van der Waals surface area contributed by atoms with Gasteiger partial charge < -0.3 is 9.64 Å². The third-order valence-corrected chi connectivity index (χ3v) is 4.96. The zero-order chi connectivity index (χ0) is 15.4. The second-order valence-electron chi connectivity index (χ2n) is 5.45. The fraction of sp³-hybridized carbons (Fsp3) is 0.412. The van der Waals surface area contributed by atoms with E-state index in [4.69, 9.17) is 4.74 Å². The van der Waals surface area contributed by atoms with Crippen LogP contribution in [0.1, 0.15) is 31.2 Å². The van der Waals surface area contributed by atoms with E-state index in [9.17, 15) is 4.79 Å². The molecule has 0 aromatic heterocycles. The van der Waals surface area contributed by atoms with Gasteiger partial charge in [-0.3, -0.25) is 4.79 Å². The SMILES string of the molecule is COc1ccccc1C=C1SC(N2CCCCCC2)=NC1=O. The number of benzene rings is 1. The van der Waals surface area contributed by atoms with Crippen LogP contribution in [-0.2, 0) is 4.79 Å². The highest BCUT2D eigenvalue weighted by molar-refractivity contribution is 8.18. The number of hydrogen-bond donors (Lipinski definition) is 0. The molecule has 2 aliphatic rings. The lowest BCUT2D eigenvalue weighted by Crippen LogP contribution is -2.28. The zero-order valence-corrected chi connectivity index (χ0v) is 13.6. The normalized spacial score (nSPS) is 21.0. The summed E-state index contributed by atoms with van der Waals surface area (Å²) < 4.78 is 5.34. The van der Waals surface area contributed by atoms with E-state index < -0.39 is 0 Å². The summed E-state index contributed by atoms with van der Waals surface area (Å²) in [5.74, 6) is 0.627. The first-order chi connectivity index (χ1) is 10.8. The Hall–Kier alpha value is -1.75. The van der Waals surface area contributed by atoms with Crippen molar-refractivity contribution in [2.24, 2.45) is 4.99 Å². The Morgan fingerprint density at radius 1 is 1.18 bits per heavy atom. The smallest absolute Gasteiger partial charge is 0.286 e. The molecular weight excluding hydrogens is 296 g/mol. The standard InChI is InChI=1S/C17H20N2O2S/c1-21-14-9-5-4-8-13(14)12-15-16(20)18-17(22-15)19-10-6-2-3-7-11-19/h4-5,8-9,12H,2-3,6-7,10-11H2,1H3. The van der Waals surface area contributed by atoms with E-state index in [-0.39, 0.29) is 5.91 Å². The molecule has 1 aromatic carbocycles. The predicted octanol–water partition coefficient (Wildman–Crippen LogP) is 3.54. The quantitative estimate of drug-likeness (QED) is 0.783. The number of hydrogen-bond acceptors (Lipinski definition) is 4. The number of amidine groups is 1. The van der Waals surface area contributed by atoms with Crippen LogP contribution in [0, 0.1) is 0 Å². The molecule has 0 atom stereocenters. The largest absolute Gasteiger partial charge is 0.496 e. The average molecular weight is 316 g/mol. The predicted molar refractivity (Wildman–Crippen MR) is 91.0 cm³/mol. The molecule has 0 aliphatic carbocycles. The Morgan fingerprint density at radius 2 is 1.91 bits per heavy atom. The molecule has 3 rings (SSSR count). The van der Waals surface area contributed by atoms with Crippen molar-refractivity contribution in [2.45, 2.75) is 25.7 Å². The Bertz CT molecular complexity index is 617. The monoisotopic (exact) mass is 316 g/mol. The summed E-state index contributed by atoms with van der Waals surface area (Å²) in [5, 5.41) is 0.855. The average Bonchev–Trinajstić information content (AvgIpc) is 2.76. The van der Waals surface area contributed by atoms with Crippen molar-refractivity contribution in [3.63, 3.8) is 0 Å². The molecule has 0 spiro atoms. The number of likely N-dealkylation sites (tertiary alicyclic amines) is 1. The van der Waals surface area contributed by atoms with Crippen molar-refractivity contribution >= 4 is 28.9 Å². The Labute approximate surface area is 135 Å². The molecule has 1 fully saturated rings. The number of carbonyl (C=O) groups is 1. The molecule has 4 nitrogen and oxygen atoms in total. The minimum atomic E-state index is -0.143. The summed E-state index contributed by atoms with van der Waals surface area (Å²) in [6, 6.07) is 7.70. The van der Waals surface area contributed by atoms with Crippen LogP contribution in [0.2, 0.25) is 0 Å². The molecule has 1 saturated heterocycles. The van der Waals surface area contributed by atoms with Crippen LogP contribution in [-0.4, -0.2) is 36.2 Å². The maximum Gasteiger partial charge on any atom is 0.286 e. The zero-order valence-electron chi connectivity index (χ0n) is 12.7. The summed E-state index contributed by atoms with van der Waals surface area (Å²) >= 11 is 1.48. The van der Waals surface area contributed by atoms with Gasteiger partial charge in [-0.15, -0.1) is 0 Å². The first kappa shape index (κ1) is 15.2. The van der Waals surface area contributed by atoms with E-state index >= 15 is 0 Å². The van der Waals surface area contributed by atoms with Gasteiger partial charge in [0.25, 0.3) is 5.91 Å². The molecular formula is C17H20N2O2S. The van der Waals surface area contributed by atoms with Crippen molar-refractivity contribution in [3.05, 3.63) is 34.7 Å². The van der Waals surface area contributed by atoms with Crippen LogP contribution in [0.3, 0.4) is 0 Å². The first-order valence-corrected chi connectivity index (χ1v) is 8.50. The number of nitrogens with zero attached hydrogens (tertiary/aromatic N) is 2. The van der Waals surface area contributed by atoms with Gasteiger partial charge in [0, 0.05) is 18.7 Å². The van der Waals surface area contributed by atoms with Gasteiger partial charge in [0.1, 0.15) is 5.75 Å². The number of aliphatic imine (C=N–C) groups is 1. The second kappa shape index (κ2) is 7.01. The van der Waals surface area contributed by atoms with E-state index in [1.54, 1.807) is 7.11 Å². The highest BCUT2D eigenvalue weighted by Crippen LogP contribution is 2.32. The van der Waals surface area contributed by atoms with Gasteiger partial charge in [-0.25, -0.2) is 0 Å². The fourth-order valence-corrected chi connectivity index (χ4v) is 3.68. The van der Waals surface area contributed by atoms with Gasteiger partial charge in [-0.05, 0) is 36.7 Å². The molecule has 1 amide bonds. The minimum Gasteiger partial charge on any atom is -0.496 e. The number of carbonyl (C=O) groups excluding carboxylic acids is 1. The Balaban J connectivity index is 1.77. The van der Waals surface area contributed by atoms with Crippen molar-refractivity contribution < 1.29 is 9.53 Å². The number of ether oxygens (including phenoxy) is 1. The molecule has 5 heteroatoms. The van der Waals surface area contributed by atoms with Crippen molar-refractivity contribution in [1.29, 1.82) is 0 Å². The lowest BCUT2D eigenvalue weighted by atomic mass is 10.2. The third kappa shape index (κ3) is 3.35. The maximum atomic E-state index is 12.2. The van der Waals surface area contributed by atoms with Crippen LogP contribution in [0.5, 0.6) is 5.75 Å². The number of thioether (sulfide) groups is 1. The lowest BCUT2D eigenvalue weighted by Gasteiger charge is -2.20. The lowest BCUT2D eigenvalue weighted by molar-refractivity contribution is -0.113.